The second kappa shape index (κ2) is 15.4. The Morgan fingerprint density at radius 3 is 2.02 bits per heavy atom. The van der Waals surface area contributed by atoms with Crippen LogP contribution in [0.15, 0.2) is 83.3 Å². The van der Waals surface area contributed by atoms with Crippen molar-refractivity contribution in [2.75, 3.05) is 55.5 Å². The minimum absolute atomic E-state index is 0.144. The molecule has 3 aromatic carbocycles. The largest absolute Gasteiger partial charge is 0.508 e. The summed E-state index contributed by atoms with van der Waals surface area (Å²) in [4.78, 5) is 25.4. The Bertz CT molecular complexity index is 1360. The highest BCUT2D eigenvalue weighted by Crippen LogP contribution is 2.20. The Morgan fingerprint density at radius 1 is 0.725 bits per heavy atom. The maximum absolute atomic E-state index is 12.1. The van der Waals surface area contributed by atoms with E-state index in [1.807, 2.05) is 42.5 Å². The summed E-state index contributed by atoms with van der Waals surface area (Å²) in [5.74, 6) is 1.10. The summed E-state index contributed by atoms with van der Waals surface area (Å²) >= 11 is 3.36. The molecule has 0 unspecified atom stereocenters. The van der Waals surface area contributed by atoms with Gasteiger partial charge in [-0.05, 0) is 54.6 Å². The number of amides is 1. The first-order valence-corrected chi connectivity index (χ1v) is 13.4. The van der Waals surface area contributed by atoms with E-state index in [1.165, 1.54) is 0 Å². The summed E-state index contributed by atoms with van der Waals surface area (Å²) in [6.07, 6.45) is 0. The lowest BCUT2D eigenvalue weighted by molar-refractivity contribution is 0.0519. The Morgan fingerprint density at radius 2 is 1.35 bits per heavy atom. The highest BCUT2D eigenvalue weighted by Gasteiger charge is 2.08. The fourth-order valence-corrected chi connectivity index (χ4v) is 3.82. The molecule has 0 atom stereocenters. The van der Waals surface area contributed by atoms with Crippen molar-refractivity contribution in [1.82, 2.24) is 20.3 Å². The normalized spacial score (nSPS) is 10.6. The van der Waals surface area contributed by atoms with Crippen molar-refractivity contribution in [3.63, 3.8) is 0 Å². The molecular weight excluding hydrogens is 578 g/mol. The average molecular weight is 608 g/mol. The Kier molecular flexibility index (Phi) is 11.0. The SMILES string of the molecule is O=C(NCCOCCOCCNc1nc(Nc2ccccc2)nc(Nc2ccc(O)cc2)n1)c1cccc(Br)c1. The van der Waals surface area contributed by atoms with Gasteiger partial charge < -0.3 is 35.8 Å². The number of carbonyl (C=O) groups is 1. The first kappa shape index (κ1) is 28.7. The van der Waals surface area contributed by atoms with Gasteiger partial charge in [0.2, 0.25) is 17.8 Å². The number of nitrogens with one attached hydrogen (secondary N) is 4. The Hall–Kier alpha value is -4.26. The smallest absolute Gasteiger partial charge is 0.251 e. The van der Waals surface area contributed by atoms with Crippen molar-refractivity contribution in [3.05, 3.63) is 88.9 Å². The van der Waals surface area contributed by atoms with Gasteiger partial charge in [-0.3, -0.25) is 4.79 Å². The molecule has 0 aliphatic carbocycles. The van der Waals surface area contributed by atoms with Crippen LogP contribution >= 0.6 is 15.9 Å². The maximum atomic E-state index is 12.1. The molecule has 0 bridgehead atoms. The van der Waals surface area contributed by atoms with Gasteiger partial charge in [0.15, 0.2) is 0 Å². The molecule has 4 aromatic rings. The number of hydrogen-bond donors (Lipinski definition) is 5. The number of aromatic nitrogens is 3. The lowest BCUT2D eigenvalue weighted by Gasteiger charge is -2.12. The number of halogens is 1. The van der Waals surface area contributed by atoms with Crippen molar-refractivity contribution in [3.8, 4) is 5.75 Å². The van der Waals surface area contributed by atoms with Crippen LogP contribution in [0.25, 0.3) is 0 Å². The highest BCUT2D eigenvalue weighted by atomic mass is 79.9. The van der Waals surface area contributed by atoms with Crippen LogP contribution in [0.4, 0.5) is 29.2 Å². The number of nitrogens with zero attached hydrogens (tertiary/aromatic N) is 3. The van der Waals surface area contributed by atoms with E-state index >= 15 is 0 Å². The molecule has 0 aliphatic rings. The van der Waals surface area contributed by atoms with Crippen LogP contribution in [0.1, 0.15) is 10.4 Å². The fraction of sp³-hybridized carbons (Fsp3) is 0.214. The van der Waals surface area contributed by atoms with E-state index in [0.29, 0.717) is 62.9 Å². The lowest BCUT2D eigenvalue weighted by atomic mass is 10.2. The number of carbonyl (C=O) groups excluding carboxylic acids is 1. The number of anilines is 5. The predicted molar refractivity (Wildman–Crippen MR) is 158 cm³/mol. The van der Waals surface area contributed by atoms with Gasteiger partial charge in [0, 0.05) is 34.5 Å². The summed E-state index contributed by atoms with van der Waals surface area (Å²) in [6, 6.07) is 23.4. The van der Waals surface area contributed by atoms with E-state index < -0.39 is 0 Å². The topological polar surface area (TPSA) is 143 Å². The van der Waals surface area contributed by atoms with E-state index in [1.54, 1.807) is 36.4 Å². The number of para-hydroxylation sites is 1. The van der Waals surface area contributed by atoms with Crippen molar-refractivity contribution in [2.24, 2.45) is 0 Å². The van der Waals surface area contributed by atoms with Crippen LogP contribution in [0, 0.1) is 0 Å². The molecule has 40 heavy (non-hydrogen) atoms. The fourth-order valence-electron chi connectivity index (χ4n) is 3.42. The van der Waals surface area contributed by atoms with Gasteiger partial charge >= 0.3 is 0 Å². The molecular formula is C28H30BrN7O4. The minimum atomic E-state index is -0.144. The minimum Gasteiger partial charge on any atom is -0.508 e. The van der Waals surface area contributed by atoms with Crippen molar-refractivity contribution >= 4 is 51.1 Å². The molecule has 0 spiro atoms. The summed E-state index contributed by atoms with van der Waals surface area (Å²) in [7, 11) is 0. The zero-order chi connectivity index (χ0) is 28.0. The van der Waals surface area contributed by atoms with Crippen molar-refractivity contribution in [2.45, 2.75) is 0 Å². The molecule has 1 aromatic heterocycles. The van der Waals surface area contributed by atoms with Crippen LogP contribution in [-0.2, 0) is 9.47 Å². The quantitative estimate of drug-likeness (QED) is 0.0952. The molecule has 4 rings (SSSR count). The number of phenols is 1. The number of ether oxygens (including phenoxy) is 2. The molecule has 0 saturated heterocycles. The number of aromatic hydroxyl groups is 1. The molecule has 0 fully saturated rings. The Balaban J connectivity index is 1.18. The maximum Gasteiger partial charge on any atom is 0.251 e. The van der Waals surface area contributed by atoms with Gasteiger partial charge in [-0.1, -0.05) is 40.2 Å². The lowest BCUT2D eigenvalue weighted by Crippen LogP contribution is -2.27. The molecule has 1 amide bonds. The van der Waals surface area contributed by atoms with Gasteiger partial charge in [0.25, 0.3) is 5.91 Å². The molecule has 5 N–H and O–H groups in total. The molecule has 0 saturated carbocycles. The van der Waals surface area contributed by atoms with Crippen molar-refractivity contribution < 1.29 is 19.4 Å². The summed E-state index contributed by atoms with van der Waals surface area (Å²) in [6.45, 7) is 2.50. The molecule has 1 heterocycles. The van der Waals surface area contributed by atoms with Crippen LogP contribution in [0.3, 0.4) is 0 Å². The number of phenolic OH excluding ortho intramolecular Hbond substituents is 1. The van der Waals surface area contributed by atoms with Gasteiger partial charge in [-0.2, -0.15) is 15.0 Å². The second-order valence-corrected chi connectivity index (χ2v) is 9.30. The summed E-state index contributed by atoms with van der Waals surface area (Å²) < 4.78 is 12.0. The number of rotatable bonds is 15. The zero-order valence-electron chi connectivity index (χ0n) is 21.6. The van der Waals surface area contributed by atoms with E-state index in [2.05, 4.69) is 52.1 Å². The first-order chi connectivity index (χ1) is 19.5. The van der Waals surface area contributed by atoms with Crippen LogP contribution in [0.5, 0.6) is 5.75 Å². The first-order valence-electron chi connectivity index (χ1n) is 12.6. The van der Waals surface area contributed by atoms with Crippen LogP contribution in [-0.4, -0.2) is 65.5 Å². The number of hydrogen-bond acceptors (Lipinski definition) is 10. The van der Waals surface area contributed by atoms with Gasteiger partial charge in [-0.15, -0.1) is 0 Å². The van der Waals surface area contributed by atoms with Crippen LogP contribution < -0.4 is 21.3 Å². The third-order valence-electron chi connectivity index (χ3n) is 5.31. The van der Waals surface area contributed by atoms with Crippen LogP contribution in [0.2, 0.25) is 0 Å². The third kappa shape index (κ3) is 9.80. The monoisotopic (exact) mass is 607 g/mol. The van der Waals surface area contributed by atoms with Gasteiger partial charge in [0.1, 0.15) is 5.75 Å². The van der Waals surface area contributed by atoms with Gasteiger partial charge in [-0.25, -0.2) is 0 Å². The Labute approximate surface area is 240 Å². The molecule has 0 radical (unpaired) electrons. The van der Waals surface area contributed by atoms with E-state index in [4.69, 9.17) is 9.47 Å². The summed E-state index contributed by atoms with van der Waals surface area (Å²) in [5, 5.41) is 21.8. The number of benzene rings is 3. The van der Waals surface area contributed by atoms with E-state index in [-0.39, 0.29) is 11.7 Å². The zero-order valence-corrected chi connectivity index (χ0v) is 23.2. The summed E-state index contributed by atoms with van der Waals surface area (Å²) in [5.41, 5.74) is 2.15. The molecule has 11 nitrogen and oxygen atoms in total. The molecule has 12 heteroatoms. The van der Waals surface area contributed by atoms with E-state index in [0.717, 1.165) is 15.8 Å². The standard InChI is InChI=1S/C28H30BrN7O4/c29-21-6-4-5-20(19-21)25(38)30-13-15-39-17-18-40-16-14-31-26-34-27(32-22-7-2-1-3-8-22)36-28(35-26)33-23-9-11-24(37)12-10-23/h1-12,19,37H,13-18H2,(H,30,38)(H3,31,32,33,34,35,36). The predicted octanol–water partition coefficient (Wildman–Crippen LogP) is 4.70. The highest BCUT2D eigenvalue weighted by molar-refractivity contribution is 9.10. The molecule has 208 valence electrons. The van der Waals surface area contributed by atoms with E-state index in [9.17, 15) is 9.90 Å². The average Bonchev–Trinajstić information content (AvgIpc) is 2.95. The van der Waals surface area contributed by atoms with Gasteiger partial charge in [0.05, 0.1) is 26.4 Å². The second-order valence-electron chi connectivity index (χ2n) is 8.39. The third-order valence-corrected chi connectivity index (χ3v) is 5.80. The van der Waals surface area contributed by atoms with Crippen molar-refractivity contribution in [1.29, 1.82) is 0 Å². The molecule has 0 aliphatic heterocycles.